The van der Waals surface area contributed by atoms with Gasteiger partial charge in [0.25, 0.3) is 5.91 Å². The van der Waals surface area contributed by atoms with Crippen molar-refractivity contribution in [1.29, 1.82) is 0 Å². The summed E-state index contributed by atoms with van der Waals surface area (Å²) < 4.78 is 39.8. The summed E-state index contributed by atoms with van der Waals surface area (Å²) in [6.45, 7) is 0.361. The first kappa shape index (κ1) is 17.3. The Hall–Kier alpha value is -3.15. The topological polar surface area (TPSA) is 33.2 Å². The van der Waals surface area contributed by atoms with Gasteiger partial charge < -0.3 is 4.90 Å². The maximum Gasteiger partial charge on any atom is 0.417 e. The van der Waals surface area contributed by atoms with Crippen LogP contribution < -0.4 is 4.90 Å². The fourth-order valence-electron chi connectivity index (χ4n) is 3.40. The molecule has 136 valence electrons. The quantitative estimate of drug-likeness (QED) is 0.640. The molecule has 3 nitrogen and oxygen atoms in total. The Balaban J connectivity index is 1.69. The molecule has 1 aliphatic rings. The molecule has 0 atom stereocenters. The summed E-state index contributed by atoms with van der Waals surface area (Å²) in [6.07, 6.45) is -0.562. The largest absolute Gasteiger partial charge is 0.417 e. The van der Waals surface area contributed by atoms with E-state index in [1.165, 1.54) is 23.1 Å². The van der Waals surface area contributed by atoms with Gasteiger partial charge in [-0.25, -0.2) is 0 Å². The molecule has 27 heavy (non-hydrogen) atoms. The number of pyridine rings is 1. The lowest BCUT2D eigenvalue weighted by molar-refractivity contribution is -0.137. The number of aromatic nitrogens is 1. The van der Waals surface area contributed by atoms with Crippen LogP contribution in [-0.2, 0) is 12.6 Å². The molecule has 2 heterocycles. The van der Waals surface area contributed by atoms with Crippen LogP contribution in [0.5, 0.6) is 0 Å². The maximum absolute atomic E-state index is 13.3. The molecule has 0 spiro atoms. The molecule has 1 aliphatic heterocycles. The molecule has 0 radical (unpaired) electrons. The number of carbonyl (C=O) groups excluding carboxylic acids is 1. The van der Waals surface area contributed by atoms with Crippen molar-refractivity contribution in [1.82, 2.24) is 4.98 Å². The standard InChI is InChI=1S/C21H15F3N2O/c22-21(23,24)18-4-2-1-3-17(18)20(27)26-12-9-16-13-15(5-6-19(16)26)14-7-10-25-11-8-14/h1-8,10-11,13H,9,12H2. The van der Waals surface area contributed by atoms with Gasteiger partial charge in [-0.15, -0.1) is 0 Å². The van der Waals surface area contributed by atoms with E-state index >= 15 is 0 Å². The van der Waals surface area contributed by atoms with Gasteiger partial charge in [-0.2, -0.15) is 13.2 Å². The van der Waals surface area contributed by atoms with Crippen LogP contribution in [0.1, 0.15) is 21.5 Å². The number of anilines is 1. The highest BCUT2D eigenvalue weighted by Crippen LogP contribution is 2.36. The predicted octanol–water partition coefficient (Wildman–Crippen LogP) is 4.97. The molecule has 0 aliphatic carbocycles. The van der Waals surface area contributed by atoms with Crippen LogP contribution in [0.25, 0.3) is 11.1 Å². The lowest BCUT2D eigenvalue weighted by Gasteiger charge is -2.20. The zero-order valence-electron chi connectivity index (χ0n) is 14.2. The minimum absolute atomic E-state index is 0.323. The van der Waals surface area contributed by atoms with E-state index in [-0.39, 0.29) is 5.56 Å². The zero-order chi connectivity index (χ0) is 19.0. The van der Waals surface area contributed by atoms with Gasteiger partial charge in [-0.1, -0.05) is 18.2 Å². The van der Waals surface area contributed by atoms with Gasteiger partial charge >= 0.3 is 6.18 Å². The van der Waals surface area contributed by atoms with Gasteiger partial charge in [0.05, 0.1) is 11.1 Å². The van der Waals surface area contributed by atoms with Crippen molar-refractivity contribution < 1.29 is 18.0 Å². The normalized spacial score (nSPS) is 13.5. The van der Waals surface area contributed by atoms with Crippen molar-refractivity contribution in [2.45, 2.75) is 12.6 Å². The number of amides is 1. The highest BCUT2D eigenvalue weighted by Gasteiger charge is 2.37. The van der Waals surface area contributed by atoms with E-state index in [0.717, 1.165) is 22.8 Å². The third-order valence-electron chi connectivity index (χ3n) is 4.70. The number of halogens is 3. The number of hydrogen-bond donors (Lipinski definition) is 0. The molecule has 1 amide bonds. The summed E-state index contributed by atoms with van der Waals surface area (Å²) in [6, 6.07) is 14.3. The van der Waals surface area contributed by atoms with Crippen LogP contribution in [-0.4, -0.2) is 17.4 Å². The van der Waals surface area contributed by atoms with Crippen LogP contribution in [0, 0.1) is 0 Å². The first-order valence-corrected chi connectivity index (χ1v) is 8.46. The van der Waals surface area contributed by atoms with Gasteiger partial charge in [0, 0.05) is 24.6 Å². The highest BCUT2D eigenvalue weighted by molar-refractivity contribution is 6.08. The second kappa shape index (κ2) is 6.54. The van der Waals surface area contributed by atoms with Crippen LogP contribution in [0.15, 0.2) is 67.0 Å². The summed E-state index contributed by atoms with van der Waals surface area (Å²) in [5.41, 5.74) is 2.37. The molecule has 0 N–H and O–H groups in total. The Kier molecular flexibility index (Phi) is 4.18. The minimum Gasteiger partial charge on any atom is -0.308 e. The van der Waals surface area contributed by atoms with Crippen LogP contribution in [0.4, 0.5) is 18.9 Å². The van der Waals surface area contributed by atoms with E-state index in [4.69, 9.17) is 0 Å². The number of carbonyl (C=O) groups is 1. The monoisotopic (exact) mass is 368 g/mol. The van der Waals surface area contributed by atoms with E-state index in [1.807, 2.05) is 24.3 Å². The van der Waals surface area contributed by atoms with E-state index in [1.54, 1.807) is 18.5 Å². The van der Waals surface area contributed by atoms with Crippen LogP contribution in [0.2, 0.25) is 0 Å². The highest BCUT2D eigenvalue weighted by atomic mass is 19.4. The molecular weight excluding hydrogens is 353 g/mol. The van der Waals surface area contributed by atoms with Crippen molar-refractivity contribution in [2.75, 3.05) is 11.4 Å². The smallest absolute Gasteiger partial charge is 0.308 e. The van der Waals surface area contributed by atoms with E-state index < -0.39 is 17.6 Å². The van der Waals surface area contributed by atoms with Gasteiger partial charge in [-0.05, 0) is 59.5 Å². The summed E-state index contributed by atoms with van der Waals surface area (Å²) in [4.78, 5) is 18.3. The van der Waals surface area contributed by atoms with E-state index in [9.17, 15) is 18.0 Å². The second-order valence-corrected chi connectivity index (χ2v) is 6.33. The summed E-state index contributed by atoms with van der Waals surface area (Å²) in [7, 11) is 0. The Labute approximate surface area is 154 Å². The van der Waals surface area contributed by atoms with Crippen molar-refractivity contribution in [3.63, 3.8) is 0 Å². The molecule has 0 bridgehead atoms. The average molecular weight is 368 g/mol. The first-order chi connectivity index (χ1) is 12.9. The molecule has 0 saturated carbocycles. The number of alkyl halides is 3. The number of benzene rings is 2. The number of hydrogen-bond acceptors (Lipinski definition) is 2. The lowest BCUT2D eigenvalue weighted by atomic mass is 10.0. The molecule has 0 saturated heterocycles. The summed E-state index contributed by atoms with van der Waals surface area (Å²) in [5, 5.41) is 0. The molecule has 1 aromatic heterocycles. The molecule has 0 fully saturated rings. The third-order valence-corrected chi connectivity index (χ3v) is 4.70. The van der Waals surface area contributed by atoms with Gasteiger partial charge in [0.2, 0.25) is 0 Å². The van der Waals surface area contributed by atoms with Gasteiger partial charge in [0.15, 0.2) is 0 Å². The van der Waals surface area contributed by atoms with E-state index in [2.05, 4.69) is 4.98 Å². The zero-order valence-corrected chi connectivity index (χ0v) is 14.2. The Morgan fingerprint density at radius 1 is 0.963 bits per heavy atom. The summed E-state index contributed by atoms with van der Waals surface area (Å²) in [5.74, 6) is -0.627. The molecular formula is C21H15F3N2O. The van der Waals surface area contributed by atoms with Crippen molar-refractivity contribution >= 4 is 11.6 Å². The van der Waals surface area contributed by atoms with Crippen molar-refractivity contribution in [3.05, 3.63) is 83.7 Å². The number of nitrogens with zero attached hydrogens (tertiary/aromatic N) is 2. The SMILES string of the molecule is O=C(c1ccccc1C(F)(F)F)N1CCc2cc(-c3ccncc3)ccc21. The molecule has 6 heteroatoms. The Morgan fingerprint density at radius 2 is 1.70 bits per heavy atom. The van der Waals surface area contributed by atoms with Gasteiger partial charge in [-0.3, -0.25) is 9.78 Å². The van der Waals surface area contributed by atoms with Crippen molar-refractivity contribution in [2.24, 2.45) is 0 Å². The van der Waals surface area contributed by atoms with Crippen molar-refractivity contribution in [3.8, 4) is 11.1 Å². The van der Waals surface area contributed by atoms with Crippen LogP contribution in [0.3, 0.4) is 0 Å². The number of fused-ring (bicyclic) bond motifs is 1. The molecule has 2 aromatic carbocycles. The third kappa shape index (κ3) is 3.18. The lowest BCUT2D eigenvalue weighted by Crippen LogP contribution is -2.30. The average Bonchev–Trinajstić information content (AvgIpc) is 3.10. The first-order valence-electron chi connectivity index (χ1n) is 8.46. The Bertz CT molecular complexity index is 1000. The molecule has 4 rings (SSSR count). The second-order valence-electron chi connectivity index (χ2n) is 6.33. The number of rotatable bonds is 2. The minimum atomic E-state index is -4.57. The maximum atomic E-state index is 13.3. The fraction of sp³-hybridized carbons (Fsp3) is 0.143. The Morgan fingerprint density at radius 3 is 2.44 bits per heavy atom. The van der Waals surface area contributed by atoms with E-state index in [0.29, 0.717) is 18.7 Å². The molecule has 3 aromatic rings. The fourth-order valence-corrected chi connectivity index (χ4v) is 3.40. The predicted molar refractivity (Wildman–Crippen MR) is 96.5 cm³/mol. The summed E-state index contributed by atoms with van der Waals surface area (Å²) >= 11 is 0. The van der Waals surface area contributed by atoms with Gasteiger partial charge in [0.1, 0.15) is 0 Å². The molecule has 0 unspecified atom stereocenters. The van der Waals surface area contributed by atoms with Crippen LogP contribution >= 0.6 is 0 Å².